The molecular weight excluding hydrogens is 290 g/mol. The smallest absolute Gasteiger partial charge is 0.255 e. The number of halogens is 1. The van der Waals surface area contributed by atoms with E-state index >= 15 is 0 Å². The highest BCUT2D eigenvalue weighted by Gasteiger charge is 2.33. The van der Waals surface area contributed by atoms with Gasteiger partial charge >= 0.3 is 0 Å². The molecule has 0 radical (unpaired) electrons. The molecule has 98 valence electrons. The van der Waals surface area contributed by atoms with Gasteiger partial charge in [0.1, 0.15) is 0 Å². The number of amides is 1. The highest BCUT2D eigenvalue weighted by Crippen LogP contribution is 2.30. The van der Waals surface area contributed by atoms with Gasteiger partial charge in [0.15, 0.2) is 0 Å². The second-order valence-corrected chi connectivity index (χ2v) is 5.92. The van der Waals surface area contributed by atoms with Crippen molar-refractivity contribution in [2.75, 3.05) is 6.54 Å². The molecule has 1 saturated carbocycles. The van der Waals surface area contributed by atoms with Crippen molar-refractivity contribution in [3.63, 3.8) is 0 Å². The summed E-state index contributed by atoms with van der Waals surface area (Å²) in [7, 11) is 0. The lowest BCUT2D eigenvalue weighted by molar-refractivity contribution is 0.0739. The number of unbranched alkanes of at least 4 members (excludes halogenated alkanes) is 1. The topological polar surface area (TPSA) is 20.3 Å². The van der Waals surface area contributed by atoms with Crippen molar-refractivity contribution in [3.05, 3.63) is 33.8 Å². The normalized spacial score (nSPS) is 14.6. The van der Waals surface area contributed by atoms with Crippen LogP contribution in [-0.4, -0.2) is 23.4 Å². The van der Waals surface area contributed by atoms with Gasteiger partial charge in [-0.05, 0) is 54.2 Å². The van der Waals surface area contributed by atoms with Gasteiger partial charge in [0.2, 0.25) is 0 Å². The molecule has 18 heavy (non-hydrogen) atoms. The van der Waals surface area contributed by atoms with Crippen molar-refractivity contribution < 1.29 is 4.79 Å². The molecule has 0 aromatic heterocycles. The molecule has 1 fully saturated rings. The first-order valence-electron chi connectivity index (χ1n) is 6.70. The van der Waals surface area contributed by atoms with Gasteiger partial charge in [-0.15, -0.1) is 0 Å². The lowest BCUT2D eigenvalue weighted by Gasteiger charge is -2.23. The molecular formula is C15H20BrNO. The first kappa shape index (κ1) is 13.6. The third-order valence-corrected chi connectivity index (χ3v) is 4.04. The Morgan fingerprint density at radius 3 is 2.78 bits per heavy atom. The van der Waals surface area contributed by atoms with Gasteiger partial charge in [-0.3, -0.25) is 4.79 Å². The molecule has 1 aromatic carbocycles. The largest absolute Gasteiger partial charge is 0.336 e. The average molecular weight is 310 g/mol. The van der Waals surface area contributed by atoms with Gasteiger partial charge in [0.25, 0.3) is 5.91 Å². The Morgan fingerprint density at radius 2 is 2.17 bits per heavy atom. The van der Waals surface area contributed by atoms with E-state index < -0.39 is 0 Å². The van der Waals surface area contributed by atoms with Crippen LogP contribution in [0, 0.1) is 6.92 Å². The number of hydrogen-bond donors (Lipinski definition) is 0. The highest BCUT2D eigenvalue weighted by atomic mass is 79.9. The van der Waals surface area contributed by atoms with E-state index in [4.69, 9.17) is 0 Å². The first-order valence-corrected chi connectivity index (χ1v) is 7.50. The number of carbonyl (C=O) groups is 1. The Bertz CT molecular complexity index is 440. The summed E-state index contributed by atoms with van der Waals surface area (Å²) in [5, 5.41) is 0. The summed E-state index contributed by atoms with van der Waals surface area (Å²) in [6.07, 6.45) is 4.55. The van der Waals surface area contributed by atoms with Crippen LogP contribution in [0.3, 0.4) is 0 Å². The van der Waals surface area contributed by atoms with Gasteiger partial charge in [-0.2, -0.15) is 0 Å². The maximum Gasteiger partial charge on any atom is 0.255 e. The van der Waals surface area contributed by atoms with Crippen molar-refractivity contribution in [1.29, 1.82) is 0 Å². The molecule has 2 rings (SSSR count). The summed E-state index contributed by atoms with van der Waals surface area (Å²) in [5.74, 6) is 0.182. The second kappa shape index (κ2) is 5.87. The van der Waals surface area contributed by atoms with Gasteiger partial charge < -0.3 is 4.90 Å². The molecule has 0 bridgehead atoms. The Morgan fingerprint density at radius 1 is 1.44 bits per heavy atom. The number of aryl methyl sites for hydroxylation is 1. The number of hydrogen-bond acceptors (Lipinski definition) is 1. The van der Waals surface area contributed by atoms with E-state index in [0.717, 1.165) is 35.0 Å². The Balaban J connectivity index is 2.19. The Kier molecular flexibility index (Phi) is 4.44. The molecule has 3 heteroatoms. The van der Waals surface area contributed by atoms with Crippen molar-refractivity contribution in [2.24, 2.45) is 0 Å². The van der Waals surface area contributed by atoms with Gasteiger partial charge in [0, 0.05) is 17.1 Å². The molecule has 1 aliphatic carbocycles. The first-order chi connectivity index (χ1) is 8.63. The van der Waals surface area contributed by atoms with E-state index in [1.807, 2.05) is 25.1 Å². The van der Waals surface area contributed by atoms with Gasteiger partial charge in [-0.1, -0.05) is 25.0 Å². The predicted octanol–water partition coefficient (Wildman–Crippen LogP) is 4.16. The zero-order chi connectivity index (χ0) is 13.1. The number of benzene rings is 1. The zero-order valence-electron chi connectivity index (χ0n) is 11.1. The van der Waals surface area contributed by atoms with Crippen LogP contribution in [-0.2, 0) is 0 Å². The van der Waals surface area contributed by atoms with Crippen LogP contribution in [0.25, 0.3) is 0 Å². The Labute approximate surface area is 117 Å². The quantitative estimate of drug-likeness (QED) is 0.799. The molecule has 0 aliphatic heterocycles. The van der Waals surface area contributed by atoms with Crippen LogP contribution in [0.1, 0.15) is 48.5 Å². The maximum absolute atomic E-state index is 12.6. The number of rotatable bonds is 5. The summed E-state index contributed by atoms with van der Waals surface area (Å²) in [4.78, 5) is 14.7. The van der Waals surface area contributed by atoms with Crippen molar-refractivity contribution in [1.82, 2.24) is 4.90 Å². The van der Waals surface area contributed by atoms with E-state index in [2.05, 4.69) is 27.8 Å². The standard InChI is InChI=1S/C15H20BrNO/c1-3-4-9-17(12-6-7-12)15(18)13-10-11(2)5-8-14(13)16/h5,8,10,12H,3-4,6-7,9H2,1-2H3. The molecule has 0 atom stereocenters. The maximum atomic E-state index is 12.6. The number of carbonyl (C=O) groups excluding carboxylic acids is 1. The van der Waals surface area contributed by atoms with Crippen LogP contribution in [0.2, 0.25) is 0 Å². The van der Waals surface area contributed by atoms with E-state index in [1.165, 1.54) is 12.8 Å². The fraction of sp³-hybridized carbons (Fsp3) is 0.533. The predicted molar refractivity (Wildman–Crippen MR) is 77.8 cm³/mol. The third-order valence-electron chi connectivity index (χ3n) is 3.35. The van der Waals surface area contributed by atoms with Crippen LogP contribution in [0.5, 0.6) is 0 Å². The summed E-state index contributed by atoms with van der Waals surface area (Å²) in [5.41, 5.74) is 1.94. The van der Waals surface area contributed by atoms with Crippen molar-refractivity contribution in [2.45, 2.75) is 45.6 Å². The lowest BCUT2D eigenvalue weighted by Crippen LogP contribution is -2.34. The molecule has 2 nitrogen and oxygen atoms in total. The highest BCUT2D eigenvalue weighted by molar-refractivity contribution is 9.10. The SMILES string of the molecule is CCCCN(C(=O)c1cc(C)ccc1Br)C1CC1. The second-order valence-electron chi connectivity index (χ2n) is 5.07. The minimum atomic E-state index is 0.182. The fourth-order valence-electron chi connectivity index (χ4n) is 2.12. The molecule has 1 aromatic rings. The lowest BCUT2D eigenvalue weighted by atomic mass is 10.1. The van der Waals surface area contributed by atoms with E-state index in [0.29, 0.717) is 6.04 Å². The van der Waals surface area contributed by atoms with Crippen LogP contribution in [0.4, 0.5) is 0 Å². The third kappa shape index (κ3) is 3.14. The zero-order valence-corrected chi connectivity index (χ0v) is 12.7. The van der Waals surface area contributed by atoms with Crippen LogP contribution in [0.15, 0.2) is 22.7 Å². The van der Waals surface area contributed by atoms with E-state index in [9.17, 15) is 4.79 Å². The summed E-state index contributed by atoms with van der Waals surface area (Å²) >= 11 is 3.49. The molecule has 0 unspecified atom stereocenters. The Hall–Kier alpha value is -0.830. The van der Waals surface area contributed by atoms with E-state index in [-0.39, 0.29) is 5.91 Å². The minimum Gasteiger partial charge on any atom is -0.336 e. The number of nitrogens with zero attached hydrogens (tertiary/aromatic N) is 1. The molecule has 0 N–H and O–H groups in total. The van der Waals surface area contributed by atoms with Gasteiger partial charge in [-0.25, -0.2) is 0 Å². The summed E-state index contributed by atoms with van der Waals surface area (Å²) in [6.45, 7) is 5.08. The van der Waals surface area contributed by atoms with Crippen molar-refractivity contribution in [3.8, 4) is 0 Å². The van der Waals surface area contributed by atoms with Crippen LogP contribution < -0.4 is 0 Å². The molecule has 0 heterocycles. The van der Waals surface area contributed by atoms with Crippen LogP contribution >= 0.6 is 15.9 Å². The monoisotopic (exact) mass is 309 g/mol. The van der Waals surface area contributed by atoms with E-state index in [1.54, 1.807) is 0 Å². The summed E-state index contributed by atoms with van der Waals surface area (Å²) in [6, 6.07) is 6.45. The molecule has 1 aliphatic rings. The molecule has 1 amide bonds. The molecule has 0 spiro atoms. The average Bonchev–Trinajstić information content (AvgIpc) is 3.17. The minimum absolute atomic E-state index is 0.182. The molecule has 0 saturated heterocycles. The fourth-order valence-corrected chi connectivity index (χ4v) is 2.54. The summed E-state index contributed by atoms with van der Waals surface area (Å²) < 4.78 is 0.903. The van der Waals surface area contributed by atoms with Gasteiger partial charge in [0.05, 0.1) is 5.56 Å². The van der Waals surface area contributed by atoms with Crippen molar-refractivity contribution >= 4 is 21.8 Å².